The lowest BCUT2D eigenvalue weighted by molar-refractivity contribution is 0.0814. The summed E-state index contributed by atoms with van der Waals surface area (Å²) in [6.45, 7) is 8.14. The molecule has 7 heteroatoms. The minimum Gasteiger partial charge on any atom is -0.497 e. The molecule has 0 unspecified atom stereocenters. The fraction of sp³-hybridized carbons (Fsp3) is 0.480. The number of unbranched alkanes of at least 4 members (excludes halogenated alkanes) is 1. The van der Waals surface area contributed by atoms with Gasteiger partial charge in [-0.25, -0.2) is 4.68 Å². The van der Waals surface area contributed by atoms with Crippen molar-refractivity contribution in [3.05, 3.63) is 71.5 Å². The van der Waals surface area contributed by atoms with E-state index < -0.39 is 0 Å². The summed E-state index contributed by atoms with van der Waals surface area (Å²) in [5.74, 6) is 1.84. The maximum Gasteiger partial charge on any atom is 0.168 e. The predicted molar refractivity (Wildman–Crippen MR) is 125 cm³/mol. The van der Waals surface area contributed by atoms with Gasteiger partial charge in [-0.3, -0.25) is 9.80 Å². The largest absolute Gasteiger partial charge is 0.497 e. The van der Waals surface area contributed by atoms with Gasteiger partial charge in [-0.05, 0) is 40.1 Å². The molecule has 4 rings (SSSR count). The molecule has 0 N–H and O–H groups in total. The zero-order valence-corrected chi connectivity index (χ0v) is 19.2. The van der Waals surface area contributed by atoms with Crippen LogP contribution >= 0.6 is 0 Å². The minimum atomic E-state index is 0.252. The Morgan fingerprint density at radius 2 is 1.62 bits per heavy atom. The van der Waals surface area contributed by atoms with E-state index in [-0.39, 0.29) is 6.04 Å². The van der Waals surface area contributed by atoms with Gasteiger partial charge in [0.2, 0.25) is 0 Å². The fourth-order valence-electron chi connectivity index (χ4n) is 4.41. The Labute approximate surface area is 191 Å². The molecule has 0 radical (unpaired) electrons. The lowest BCUT2D eigenvalue weighted by atomic mass is 10.1. The SMILES string of the molecule is CCCC[C@@H](c1nnnn1Cc1ccc(OC)cc1)N1CCN(Cc2ccccc2)CC1. The van der Waals surface area contributed by atoms with Crippen LogP contribution in [0.1, 0.15) is 49.2 Å². The molecule has 3 aromatic rings. The average molecular weight is 435 g/mol. The van der Waals surface area contributed by atoms with Gasteiger partial charge in [-0.15, -0.1) is 5.10 Å². The van der Waals surface area contributed by atoms with Crippen LogP contribution in [-0.4, -0.2) is 63.3 Å². The highest BCUT2D eigenvalue weighted by Gasteiger charge is 2.28. The quantitative estimate of drug-likeness (QED) is 0.484. The summed E-state index contributed by atoms with van der Waals surface area (Å²) in [5.41, 5.74) is 2.55. The van der Waals surface area contributed by atoms with Gasteiger partial charge >= 0.3 is 0 Å². The van der Waals surface area contributed by atoms with E-state index >= 15 is 0 Å². The fourth-order valence-corrected chi connectivity index (χ4v) is 4.41. The summed E-state index contributed by atoms with van der Waals surface area (Å²) in [7, 11) is 1.69. The topological polar surface area (TPSA) is 59.3 Å². The minimum absolute atomic E-state index is 0.252. The van der Waals surface area contributed by atoms with Crippen LogP contribution in [0, 0.1) is 0 Å². The first-order valence-electron chi connectivity index (χ1n) is 11.7. The van der Waals surface area contributed by atoms with Crippen molar-refractivity contribution in [3.63, 3.8) is 0 Å². The molecule has 1 aromatic heterocycles. The summed E-state index contributed by atoms with van der Waals surface area (Å²) in [5, 5.41) is 12.9. The zero-order chi connectivity index (χ0) is 22.2. The van der Waals surface area contributed by atoms with Crippen molar-refractivity contribution in [2.75, 3.05) is 33.3 Å². The molecule has 2 aromatic carbocycles. The number of aromatic nitrogens is 4. The predicted octanol–water partition coefficient (Wildman–Crippen LogP) is 3.78. The van der Waals surface area contributed by atoms with Gasteiger partial charge in [0.25, 0.3) is 0 Å². The maximum atomic E-state index is 5.28. The van der Waals surface area contributed by atoms with E-state index in [4.69, 9.17) is 4.74 Å². The highest BCUT2D eigenvalue weighted by Crippen LogP contribution is 2.27. The van der Waals surface area contributed by atoms with Crippen LogP contribution in [0.3, 0.4) is 0 Å². The molecule has 1 aliphatic heterocycles. The second kappa shape index (κ2) is 11.2. The molecule has 1 fully saturated rings. The Morgan fingerprint density at radius 1 is 0.906 bits per heavy atom. The number of benzene rings is 2. The van der Waals surface area contributed by atoms with Gasteiger partial charge in [0.1, 0.15) is 5.75 Å². The van der Waals surface area contributed by atoms with E-state index in [2.05, 4.69) is 74.7 Å². The van der Waals surface area contributed by atoms with Crippen LogP contribution in [0.2, 0.25) is 0 Å². The molecule has 32 heavy (non-hydrogen) atoms. The Balaban J connectivity index is 1.43. The number of methoxy groups -OCH3 is 1. The number of tetrazole rings is 1. The summed E-state index contributed by atoms with van der Waals surface area (Å²) in [4.78, 5) is 5.12. The first-order chi connectivity index (χ1) is 15.8. The number of ether oxygens (including phenoxy) is 1. The lowest BCUT2D eigenvalue weighted by Crippen LogP contribution is -2.47. The van der Waals surface area contributed by atoms with Crippen molar-refractivity contribution >= 4 is 0 Å². The van der Waals surface area contributed by atoms with Crippen molar-refractivity contribution in [1.29, 1.82) is 0 Å². The molecule has 1 aliphatic rings. The normalized spacial score (nSPS) is 16.2. The Bertz CT molecular complexity index is 935. The molecule has 0 spiro atoms. The van der Waals surface area contributed by atoms with Crippen molar-refractivity contribution < 1.29 is 4.74 Å². The molecule has 0 bridgehead atoms. The first kappa shape index (κ1) is 22.4. The molecule has 0 aliphatic carbocycles. The number of rotatable bonds is 10. The third kappa shape index (κ3) is 5.72. The molecule has 170 valence electrons. The molecule has 7 nitrogen and oxygen atoms in total. The lowest BCUT2D eigenvalue weighted by Gasteiger charge is -2.38. The van der Waals surface area contributed by atoms with E-state index in [1.807, 2.05) is 16.8 Å². The molecular weight excluding hydrogens is 400 g/mol. The van der Waals surface area contributed by atoms with E-state index in [9.17, 15) is 0 Å². The maximum absolute atomic E-state index is 5.28. The van der Waals surface area contributed by atoms with E-state index in [0.29, 0.717) is 6.54 Å². The molecule has 1 atom stereocenters. The summed E-state index contributed by atoms with van der Waals surface area (Å²) < 4.78 is 7.25. The van der Waals surface area contributed by atoms with Gasteiger partial charge in [0, 0.05) is 32.7 Å². The van der Waals surface area contributed by atoms with E-state index in [1.165, 1.54) is 24.0 Å². The second-order valence-corrected chi connectivity index (χ2v) is 8.50. The number of hydrogen-bond acceptors (Lipinski definition) is 6. The van der Waals surface area contributed by atoms with E-state index in [1.54, 1.807) is 7.11 Å². The van der Waals surface area contributed by atoms with Crippen LogP contribution in [0.15, 0.2) is 54.6 Å². The van der Waals surface area contributed by atoms with Crippen molar-refractivity contribution in [2.24, 2.45) is 0 Å². The molecule has 0 saturated carbocycles. The van der Waals surface area contributed by atoms with Crippen molar-refractivity contribution in [3.8, 4) is 5.75 Å². The zero-order valence-electron chi connectivity index (χ0n) is 19.2. The molecule has 1 saturated heterocycles. The number of hydrogen-bond donors (Lipinski definition) is 0. The van der Waals surface area contributed by atoms with E-state index in [0.717, 1.165) is 50.7 Å². The molecular formula is C25H34N6O. The van der Waals surface area contributed by atoms with Gasteiger partial charge < -0.3 is 4.74 Å². The summed E-state index contributed by atoms with van der Waals surface area (Å²) >= 11 is 0. The summed E-state index contributed by atoms with van der Waals surface area (Å²) in [6.07, 6.45) is 3.42. The highest BCUT2D eigenvalue weighted by atomic mass is 16.5. The van der Waals surface area contributed by atoms with Gasteiger partial charge in [-0.1, -0.05) is 62.2 Å². The number of nitrogens with zero attached hydrogens (tertiary/aromatic N) is 6. The van der Waals surface area contributed by atoms with Gasteiger partial charge in [0.15, 0.2) is 5.82 Å². The van der Waals surface area contributed by atoms with Gasteiger partial charge in [-0.2, -0.15) is 0 Å². The van der Waals surface area contributed by atoms with Crippen molar-refractivity contribution in [1.82, 2.24) is 30.0 Å². The van der Waals surface area contributed by atoms with Gasteiger partial charge in [0.05, 0.1) is 19.7 Å². The Morgan fingerprint density at radius 3 is 2.31 bits per heavy atom. The van der Waals surface area contributed by atoms with Crippen LogP contribution in [-0.2, 0) is 13.1 Å². The average Bonchev–Trinajstić information content (AvgIpc) is 3.29. The number of piperazine rings is 1. The Hall–Kier alpha value is -2.77. The third-order valence-corrected chi connectivity index (χ3v) is 6.28. The molecule has 2 heterocycles. The smallest absolute Gasteiger partial charge is 0.168 e. The molecule has 0 amide bonds. The van der Waals surface area contributed by atoms with Crippen LogP contribution in [0.25, 0.3) is 0 Å². The second-order valence-electron chi connectivity index (χ2n) is 8.50. The highest BCUT2D eigenvalue weighted by molar-refractivity contribution is 5.27. The van der Waals surface area contributed by atoms with Crippen molar-refractivity contribution in [2.45, 2.75) is 45.3 Å². The summed E-state index contributed by atoms with van der Waals surface area (Å²) in [6, 6.07) is 19.1. The monoisotopic (exact) mass is 434 g/mol. The van der Waals surface area contributed by atoms with Crippen LogP contribution in [0.4, 0.5) is 0 Å². The standard InChI is InChI=1S/C25H34N6O/c1-3-4-10-24(30-17-15-29(16-18-30)19-21-8-6-5-7-9-21)25-26-27-28-31(25)20-22-11-13-23(32-2)14-12-22/h5-9,11-14,24H,3-4,10,15-20H2,1-2H3/t24-/m0/s1. The first-order valence-corrected chi connectivity index (χ1v) is 11.7. The van der Waals surface area contributed by atoms with Crippen LogP contribution < -0.4 is 4.74 Å². The van der Waals surface area contributed by atoms with Crippen LogP contribution in [0.5, 0.6) is 5.75 Å². The third-order valence-electron chi connectivity index (χ3n) is 6.28. The Kier molecular flexibility index (Phi) is 7.85.